The minimum absolute atomic E-state index is 0.293. The van der Waals surface area contributed by atoms with Gasteiger partial charge in [-0.05, 0) is 32.4 Å². The van der Waals surface area contributed by atoms with Crippen molar-refractivity contribution in [3.63, 3.8) is 0 Å². The van der Waals surface area contributed by atoms with Gasteiger partial charge in [0.15, 0.2) is 5.78 Å². The maximum Gasteiger partial charge on any atom is 0.164 e. The van der Waals surface area contributed by atoms with Gasteiger partial charge in [0, 0.05) is 18.0 Å². The molecule has 2 rings (SSSR count). The highest BCUT2D eigenvalue weighted by molar-refractivity contribution is 5.96. The Labute approximate surface area is 110 Å². The highest BCUT2D eigenvalue weighted by Crippen LogP contribution is 2.19. The highest BCUT2D eigenvalue weighted by Gasteiger charge is 2.23. The molecule has 0 aliphatic carbocycles. The van der Waals surface area contributed by atoms with Crippen LogP contribution in [0.1, 0.15) is 49.4 Å². The van der Waals surface area contributed by atoms with E-state index in [1.807, 2.05) is 30.3 Å². The van der Waals surface area contributed by atoms with Crippen molar-refractivity contribution in [2.45, 2.75) is 45.1 Å². The van der Waals surface area contributed by atoms with Gasteiger partial charge in [-0.2, -0.15) is 0 Å². The Morgan fingerprint density at radius 3 is 2.50 bits per heavy atom. The molecule has 2 nitrogen and oxygen atoms in total. The molecule has 1 unspecified atom stereocenters. The van der Waals surface area contributed by atoms with Crippen LogP contribution in [0.25, 0.3) is 0 Å². The normalized spacial score (nSPS) is 17.8. The average molecular weight is 245 g/mol. The first-order valence-electron chi connectivity index (χ1n) is 7.13. The highest BCUT2D eigenvalue weighted by atomic mass is 16.1. The van der Waals surface area contributed by atoms with Gasteiger partial charge in [0.1, 0.15) is 0 Å². The molecule has 0 amide bonds. The monoisotopic (exact) mass is 245 g/mol. The lowest BCUT2D eigenvalue weighted by molar-refractivity contribution is 0.0927. The quantitative estimate of drug-likeness (QED) is 0.715. The second-order valence-corrected chi connectivity index (χ2v) is 5.18. The molecular formula is C16H23NO. The van der Waals surface area contributed by atoms with E-state index < -0.39 is 0 Å². The first-order chi connectivity index (χ1) is 8.81. The van der Waals surface area contributed by atoms with Crippen molar-refractivity contribution in [3.05, 3.63) is 35.9 Å². The van der Waals surface area contributed by atoms with Crippen LogP contribution in [0.15, 0.2) is 30.3 Å². The summed E-state index contributed by atoms with van der Waals surface area (Å²) in [6.45, 7) is 4.55. The summed E-state index contributed by atoms with van der Waals surface area (Å²) in [4.78, 5) is 14.8. The number of nitrogens with zero attached hydrogens (tertiary/aromatic N) is 1. The second-order valence-electron chi connectivity index (χ2n) is 5.18. The van der Waals surface area contributed by atoms with Crippen LogP contribution in [-0.2, 0) is 0 Å². The molecule has 0 N–H and O–H groups in total. The molecule has 1 saturated heterocycles. The lowest BCUT2D eigenvalue weighted by atomic mass is 9.99. The number of carbonyl (C=O) groups excluding carboxylic acids is 1. The van der Waals surface area contributed by atoms with E-state index in [0.29, 0.717) is 18.2 Å². The first kappa shape index (κ1) is 13.3. The predicted molar refractivity (Wildman–Crippen MR) is 74.9 cm³/mol. The van der Waals surface area contributed by atoms with Crippen LogP contribution in [0.4, 0.5) is 0 Å². The first-order valence-corrected chi connectivity index (χ1v) is 7.13. The van der Waals surface area contributed by atoms with Crippen LogP contribution in [-0.4, -0.2) is 29.8 Å². The molecule has 0 saturated carbocycles. The molecule has 1 aromatic carbocycles. The summed E-state index contributed by atoms with van der Waals surface area (Å²) in [5.41, 5.74) is 0.859. The molecule has 18 heavy (non-hydrogen) atoms. The molecule has 0 radical (unpaired) electrons. The van der Waals surface area contributed by atoms with Gasteiger partial charge in [-0.1, -0.05) is 43.7 Å². The SMILES string of the molecule is CCCC(CC(=O)c1ccccc1)N1CCCC1. The predicted octanol–water partition coefficient (Wildman–Crippen LogP) is 3.52. The van der Waals surface area contributed by atoms with Crippen molar-refractivity contribution in [1.29, 1.82) is 0 Å². The van der Waals surface area contributed by atoms with Crippen molar-refractivity contribution in [2.75, 3.05) is 13.1 Å². The molecule has 1 aliphatic rings. The number of Topliss-reactive ketones (excluding diaryl/α,β-unsaturated/α-hetero) is 1. The molecule has 0 aromatic heterocycles. The molecule has 1 aromatic rings. The van der Waals surface area contributed by atoms with Crippen LogP contribution in [0.2, 0.25) is 0 Å². The summed E-state index contributed by atoms with van der Waals surface area (Å²) in [7, 11) is 0. The van der Waals surface area contributed by atoms with Crippen molar-refractivity contribution >= 4 is 5.78 Å². The average Bonchev–Trinajstić information content (AvgIpc) is 2.93. The molecule has 1 atom stereocenters. The Hall–Kier alpha value is -1.15. The molecule has 1 fully saturated rings. The number of benzene rings is 1. The van der Waals surface area contributed by atoms with Crippen molar-refractivity contribution in [3.8, 4) is 0 Å². The molecule has 1 aliphatic heterocycles. The maximum atomic E-state index is 12.3. The third-order valence-corrected chi connectivity index (χ3v) is 3.80. The van der Waals surface area contributed by atoms with Gasteiger partial charge in [0.2, 0.25) is 0 Å². The van der Waals surface area contributed by atoms with E-state index in [1.54, 1.807) is 0 Å². The summed E-state index contributed by atoms with van der Waals surface area (Å²) in [6.07, 6.45) is 5.55. The molecule has 98 valence electrons. The summed E-state index contributed by atoms with van der Waals surface area (Å²) in [5, 5.41) is 0. The maximum absolute atomic E-state index is 12.3. The number of likely N-dealkylation sites (tertiary alicyclic amines) is 1. The fourth-order valence-electron chi connectivity index (χ4n) is 2.81. The van der Waals surface area contributed by atoms with Crippen LogP contribution >= 0.6 is 0 Å². The van der Waals surface area contributed by atoms with Crippen molar-refractivity contribution < 1.29 is 4.79 Å². The molecule has 0 spiro atoms. The fourth-order valence-corrected chi connectivity index (χ4v) is 2.81. The van der Waals surface area contributed by atoms with E-state index in [2.05, 4.69) is 11.8 Å². The summed E-state index contributed by atoms with van der Waals surface area (Å²) >= 11 is 0. The van der Waals surface area contributed by atoms with Crippen molar-refractivity contribution in [1.82, 2.24) is 4.90 Å². The van der Waals surface area contributed by atoms with E-state index in [4.69, 9.17) is 0 Å². The summed E-state index contributed by atoms with van der Waals surface area (Å²) in [6, 6.07) is 10.1. The van der Waals surface area contributed by atoms with Gasteiger partial charge in [0.05, 0.1) is 0 Å². The van der Waals surface area contributed by atoms with E-state index in [9.17, 15) is 4.79 Å². The van der Waals surface area contributed by atoms with Gasteiger partial charge in [0.25, 0.3) is 0 Å². The van der Waals surface area contributed by atoms with E-state index >= 15 is 0 Å². The Morgan fingerprint density at radius 2 is 1.89 bits per heavy atom. The Bertz CT molecular complexity index is 368. The van der Waals surface area contributed by atoms with Gasteiger partial charge in [-0.3, -0.25) is 9.69 Å². The van der Waals surface area contributed by atoms with Gasteiger partial charge >= 0.3 is 0 Å². The van der Waals surface area contributed by atoms with Gasteiger partial charge in [-0.15, -0.1) is 0 Å². The van der Waals surface area contributed by atoms with Gasteiger partial charge in [-0.25, -0.2) is 0 Å². The van der Waals surface area contributed by atoms with Crippen molar-refractivity contribution in [2.24, 2.45) is 0 Å². The Kier molecular flexibility index (Phi) is 4.94. The molecular weight excluding hydrogens is 222 g/mol. The van der Waals surface area contributed by atoms with E-state index in [0.717, 1.165) is 18.4 Å². The number of rotatable bonds is 6. The Morgan fingerprint density at radius 1 is 1.22 bits per heavy atom. The van der Waals surface area contributed by atoms with Crippen LogP contribution in [0, 0.1) is 0 Å². The number of carbonyl (C=O) groups is 1. The second kappa shape index (κ2) is 6.69. The largest absolute Gasteiger partial charge is 0.300 e. The number of hydrogen-bond donors (Lipinski definition) is 0. The molecule has 0 bridgehead atoms. The van der Waals surface area contributed by atoms with Gasteiger partial charge < -0.3 is 0 Å². The standard InChI is InChI=1S/C16H23NO/c1-2-8-15(17-11-6-7-12-17)13-16(18)14-9-4-3-5-10-14/h3-5,9-10,15H,2,6-8,11-13H2,1H3. The topological polar surface area (TPSA) is 20.3 Å². The molecule has 2 heteroatoms. The Balaban J connectivity index is 1.97. The zero-order valence-electron chi connectivity index (χ0n) is 11.3. The minimum atomic E-state index is 0.293. The third kappa shape index (κ3) is 3.42. The zero-order valence-corrected chi connectivity index (χ0v) is 11.3. The molecule has 1 heterocycles. The van der Waals surface area contributed by atoms with Crippen LogP contribution in [0.3, 0.4) is 0 Å². The smallest absolute Gasteiger partial charge is 0.164 e. The van der Waals surface area contributed by atoms with E-state index in [-0.39, 0.29) is 0 Å². The fraction of sp³-hybridized carbons (Fsp3) is 0.562. The van der Waals surface area contributed by atoms with E-state index in [1.165, 1.54) is 25.9 Å². The third-order valence-electron chi connectivity index (χ3n) is 3.80. The lowest BCUT2D eigenvalue weighted by Gasteiger charge is -2.26. The van der Waals surface area contributed by atoms with Crippen LogP contribution in [0.5, 0.6) is 0 Å². The minimum Gasteiger partial charge on any atom is -0.300 e. The van der Waals surface area contributed by atoms with Crippen LogP contribution < -0.4 is 0 Å². The summed E-state index contributed by atoms with van der Waals surface area (Å²) in [5.74, 6) is 0.293. The summed E-state index contributed by atoms with van der Waals surface area (Å²) < 4.78 is 0. The zero-order chi connectivity index (χ0) is 12.8. The lowest BCUT2D eigenvalue weighted by Crippen LogP contribution is -2.34. The number of hydrogen-bond acceptors (Lipinski definition) is 2. The number of ketones is 1.